The molecule has 8 heteroatoms. The number of rotatable bonds is 10. The highest BCUT2D eigenvalue weighted by atomic mass is 16.6. The molecule has 5 fully saturated rings. The summed E-state index contributed by atoms with van der Waals surface area (Å²) in [5.74, 6) is 0.691. The van der Waals surface area contributed by atoms with E-state index in [1.54, 1.807) is 37.3 Å². The number of aromatic hydroxyl groups is 1. The van der Waals surface area contributed by atoms with Gasteiger partial charge in [0, 0.05) is 16.9 Å². The van der Waals surface area contributed by atoms with Crippen LogP contribution in [0.5, 0.6) is 5.75 Å². The lowest BCUT2D eigenvalue weighted by atomic mass is 9.32. The fraction of sp³-hybridized carbons (Fsp3) is 0.711. The van der Waals surface area contributed by atoms with Gasteiger partial charge in [0.2, 0.25) is 0 Å². The zero-order valence-electron chi connectivity index (χ0n) is 33.2. The summed E-state index contributed by atoms with van der Waals surface area (Å²) in [6.45, 7) is 21.2. The first-order valence-electron chi connectivity index (χ1n) is 20.3. The Morgan fingerprint density at radius 1 is 0.887 bits per heavy atom. The van der Waals surface area contributed by atoms with Crippen molar-refractivity contribution in [2.45, 2.75) is 131 Å². The van der Waals surface area contributed by atoms with E-state index in [2.05, 4.69) is 48.1 Å². The van der Waals surface area contributed by atoms with Gasteiger partial charge in [0.1, 0.15) is 11.9 Å². The third-order valence-corrected chi connectivity index (χ3v) is 16.2. The van der Waals surface area contributed by atoms with Crippen LogP contribution in [0.3, 0.4) is 0 Å². The lowest BCUT2D eigenvalue weighted by Crippen LogP contribution is -2.67. The lowest BCUT2D eigenvalue weighted by Gasteiger charge is -2.73. The molecule has 0 bridgehead atoms. The van der Waals surface area contributed by atoms with Crippen molar-refractivity contribution >= 4 is 24.0 Å². The van der Waals surface area contributed by atoms with E-state index in [0.717, 1.165) is 69.8 Å². The normalized spacial score (nSPS) is 39.1. The molecule has 0 aliphatic heterocycles. The standard InChI is InChI=1S/C45H64O8/c1-9-51-38(49)26-33(47)40(50)52-27-45-23-18-31(28(2)3)39(45)32-15-16-35-42(6)21-20-36(53-37(48)17-12-29-10-13-30(46)14-11-29)41(4,5)34(42)19-22-44(35,8)43(32,7)24-25-45/h10-14,17,31-36,39,46-47H,2,9,15-16,18-27H2,1,3-8H3. The molecule has 0 saturated heterocycles. The first-order chi connectivity index (χ1) is 24.9. The van der Waals surface area contributed by atoms with E-state index in [0.29, 0.717) is 29.6 Å². The number of carbonyl (C=O) groups excluding carboxylic acids is 3. The van der Waals surface area contributed by atoms with E-state index in [4.69, 9.17) is 14.2 Å². The number of fused-ring (bicyclic) bond motifs is 7. The van der Waals surface area contributed by atoms with Crippen molar-refractivity contribution in [2.24, 2.45) is 56.7 Å². The van der Waals surface area contributed by atoms with Gasteiger partial charge in [0.25, 0.3) is 0 Å². The van der Waals surface area contributed by atoms with E-state index in [9.17, 15) is 24.6 Å². The number of esters is 3. The van der Waals surface area contributed by atoms with Gasteiger partial charge in [-0.25, -0.2) is 9.59 Å². The second kappa shape index (κ2) is 14.5. The number of benzene rings is 1. The van der Waals surface area contributed by atoms with E-state index in [1.165, 1.54) is 11.6 Å². The summed E-state index contributed by atoms with van der Waals surface area (Å²) in [5.41, 5.74) is 2.07. The van der Waals surface area contributed by atoms with Crippen molar-refractivity contribution < 1.29 is 38.8 Å². The Kier molecular flexibility index (Phi) is 10.8. The van der Waals surface area contributed by atoms with Crippen LogP contribution in [-0.2, 0) is 28.6 Å². The summed E-state index contributed by atoms with van der Waals surface area (Å²) >= 11 is 0. The van der Waals surface area contributed by atoms with Crippen molar-refractivity contribution in [3.8, 4) is 5.75 Å². The molecule has 0 amide bonds. The average molecular weight is 733 g/mol. The van der Waals surface area contributed by atoms with E-state index >= 15 is 0 Å². The summed E-state index contributed by atoms with van der Waals surface area (Å²) in [4.78, 5) is 38.0. The van der Waals surface area contributed by atoms with Gasteiger partial charge in [-0.2, -0.15) is 0 Å². The second-order valence-corrected chi connectivity index (χ2v) is 18.9. The van der Waals surface area contributed by atoms with Crippen LogP contribution in [0.1, 0.15) is 125 Å². The fourth-order valence-electron chi connectivity index (χ4n) is 13.4. The minimum atomic E-state index is -1.52. The largest absolute Gasteiger partial charge is 0.508 e. The van der Waals surface area contributed by atoms with Crippen molar-refractivity contribution in [2.75, 3.05) is 13.2 Å². The highest BCUT2D eigenvalue weighted by Gasteiger charge is 2.71. The molecule has 5 aliphatic rings. The monoisotopic (exact) mass is 732 g/mol. The Morgan fingerprint density at radius 3 is 2.28 bits per heavy atom. The zero-order chi connectivity index (χ0) is 38.6. The topological polar surface area (TPSA) is 119 Å². The maximum atomic E-state index is 13.1. The molecule has 6 rings (SSSR count). The van der Waals surface area contributed by atoms with Gasteiger partial charge in [-0.3, -0.25) is 4.79 Å². The molecule has 1 aromatic rings. The molecule has 1 aromatic carbocycles. The van der Waals surface area contributed by atoms with Crippen LogP contribution in [0.15, 0.2) is 42.5 Å². The Bertz CT molecular complexity index is 1600. The van der Waals surface area contributed by atoms with Crippen molar-refractivity contribution in [3.63, 3.8) is 0 Å². The lowest BCUT2D eigenvalue weighted by molar-refractivity contribution is -0.251. The van der Waals surface area contributed by atoms with Crippen LogP contribution in [0.2, 0.25) is 0 Å². The van der Waals surface area contributed by atoms with Crippen molar-refractivity contribution in [1.29, 1.82) is 0 Å². The number of ether oxygens (including phenoxy) is 3. The fourth-order valence-corrected chi connectivity index (χ4v) is 13.4. The molecule has 11 unspecified atom stereocenters. The van der Waals surface area contributed by atoms with Gasteiger partial charge in [0.15, 0.2) is 6.10 Å². The molecule has 0 radical (unpaired) electrons. The Balaban J connectivity index is 1.19. The summed E-state index contributed by atoms with van der Waals surface area (Å²) < 4.78 is 17.1. The van der Waals surface area contributed by atoms with Crippen molar-refractivity contribution in [1.82, 2.24) is 0 Å². The number of allylic oxidation sites excluding steroid dienone is 1. The molecule has 0 heterocycles. The number of phenolic OH excluding ortho intramolecular Hbond substituents is 1. The van der Waals surface area contributed by atoms with Crippen molar-refractivity contribution in [3.05, 3.63) is 48.1 Å². The highest BCUT2D eigenvalue weighted by molar-refractivity contribution is 5.87. The highest BCUT2D eigenvalue weighted by Crippen LogP contribution is 2.77. The predicted octanol–water partition coefficient (Wildman–Crippen LogP) is 8.83. The van der Waals surface area contributed by atoms with Gasteiger partial charge >= 0.3 is 17.9 Å². The molecule has 2 N–H and O–H groups in total. The molecule has 0 spiro atoms. The first-order valence-corrected chi connectivity index (χ1v) is 20.3. The average Bonchev–Trinajstić information content (AvgIpc) is 3.49. The molecule has 292 valence electrons. The van der Waals surface area contributed by atoms with Gasteiger partial charge in [-0.1, -0.05) is 58.9 Å². The number of hydrogen-bond acceptors (Lipinski definition) is 8. The summed E-state index contributed by atoms with van der Waals surface area (Å²) in [7, 11) is 0. The summed E-state index contributed by atoms with van der Waals surface area (Å²) in [6.07, 6.45) is 11.7. The van der Waals surface area contributed by atoms with Gasteiger partial charge < -0.3 is 24.4 Å². The molecular weight excluding hydrogens is 668 g/mol. The quantitative estimate of drug-likeness (QED) is 0.106. The van der Waals surface area contributed by atoms with Crippen LogP contribution in [0.4, 0.5) is 0 Å². The summed E-state index contributed by atoms with van der Waals surface area (Å²) in [5, 5.41) is 20.1. The SMILES string of the molecule is C=C(C)C1CCC2(COC(=O)C(O)CC(=O)OCC)CCC3(C)C(CCC4C5(C)CCC(OC(=O)C=Cc6ccc(O)cc6)C(C)(C)C5CCC43C)C12. The maximum Gasteiger partial charge on any atom is 0.335 e. The number of carbonyl (C=O) groups is 3. The molecular formula is C45H64O8. The van der Waals surface area contributed by atoms with Gasteiger partial charge in [-0.05, 0) is 148 Å². The molecule has 0 aromatic heterocycles. The molecule has 53 heavy (non-hydrogen) atoms. The maximum absolute atomic E-state index is 13.1. The van der Waals surface area contributed by atoms with Crippen LogP contribution >= 0.6 is 0 Å². The second-order valence-electron chi connectivity index (χ2n) is 18.9. The van der Waals surface area contributed by atoms with E-state index in [1.807, 2.05) is 0 Å². The number of aliphatic hydroxyl groups is 1. The number of hydrogen-bond donors (Lipinski definition) is 2. The number of aliphatic hydroxyl groups excluding tert-OH is 1. The van der Waals surface area contributed by atoms with Crippen LogP contribution in [0.25, 0.3) is 6.08 Å². The van der Waals surface area contributed by atoms with Crippen LogP contribution < -0.4 is 0 Å². The first kappa shape index (κ1) is 39.6. The van der Waals surface area contributed by atoms with E-state index in [-0.39, 0.29) is 58.1 Å². The molecule has 8 nitrogen and oxygen atoms in total. The van der Waals surface area contributed by atoms with Crippen LogP contribution in [-0.4, -0.2) is 53.5 Å². The third-order valence-electron chi connectivity index (χ3n) is 16.2. The Labute approximate surface area is 317 Å². The molecule has 5 aliphatic carbocycles. The Morgan fingerprint density at radius 2 is 1.60 bits per heavy atom. The minimum Gasteiger partial charge on any atom is -0.508 e. The zero-order valence-corrected chi connectivity index (χ0v) is 33.2. The number of phenols is 1. The predicted molar refractivity (Wildman–Crippen MR) is 204 cm³/mol. The van der Waals surface area contributed by atoms with Gasteiger partial charge in [0.05, 0.1) is 19.6 Å². The molecule has 5 saturated carbocycles. The third kappa shape index (κ3) is 6.78. The molecule has 11 atom stereocenters. The smallest absolute Gasteiger partial charge is 0.335 e. The summed E-state index contributed by atoms with van der Waals surface area (Å²) in [6, 6.07) is 6.77. The minimum absolute atomic E-state index is 0.107. The van der Waals surface area contributed by atoms with E-state index < -0.39 is 24.5 Å². The van der Waals surface area contributed by atoms with Gasteiger partial charge in [-0.15, -0.1) is 0 Å². The Hall–Kier alpha value is -3.13. The van der Waals surface area contributed by atoms with Crippen LogP contribution in [0, 0.1) is 56.7 Å².